The summed E-state index contributed by atoms with van der Waals surface area (Å²) in [5.74, 6) is -2.54. The minimum absolute atomic E-state index is 0.0787. The van der Waals surface area contributed by atoms with Crippen LogP contribution >= 0.6 is 0 Å². The van der Waals surface area contributed by atoms with E-state index in [2.05, 4.69) is 5.32 Å². The summed E-state index contributed by atoms with van der Waals surface area (Å²) in [6, 6.07) is 5.63. The highest BCUT2D eigenvalue weighted by Crippen LogP contribution is 2.29. The molecule has 1 fully saturated rings. The molecular formula is C19H22N3O5-. The van der Waals surface area contributed by atoms with E-state index in [0.717, 1.165) is 16.0 Å². The smallest absolute Gasteiger partial charge is 0.327 e. The van der Waals surface area contributed by atoms with Crippen molar-refractivity contribution in [2.45, 2.75) is 45.3 Å². The van der Waals surface area contributed by atoms with Crippen LogP contribution in [0, 0.1) is 5.92 Å². The first kappa shape index (κ1) is 18.9. The van der Waals surface area contributed by atoms with Gasteiger partial charge in [-0.2, -0.15) is 0 Å². The summed E-state index contributed by atoms with van der Waals surface area (Å²) in [7, 11) is 0. The second kappa shape index (κ2) is 7.38. The van der Waals surface area contributed by atoms with Gasteiger partial charge in [0.2, 0.25) is 5.91 Å². The molecule has 2 aliphatic rings. The molecule has 8 heteroatoms. The highest BCUT2D eigenvalue weighted by molar-refractivity contribution is 6.04. The number of imide groups is 1. The number of amides is 4. The molecule has 0 radical (unpaired) electrons. The third-order valence-corrected chi connectivity index (χ3v) is 5.08. The minimum Gasteiger partial charge on any atom is -0.548 e. The van der Waals surface area contributed by atoms with Crippen molar-refractivity contribution in [3.8, 4) is 0 Å². The van der Waals surface area contributed by atoms with E-state index >= 15 is 0 Å². The molecule has 1 N–H and O–H groups in total. The topological polar surface area (TPSA) is 110 Å². The second-order valence-corrected chi connectivity index (χ2v) is 7.25. The van der Waals surface area contributed by atoms with Gasteiger partial charge >= 0.3 is 6.03 Å². The lowest BCUT2D eigenvalue weighted by molar-refractivity contribution is -0.309. The molecule has 1 aromatic rings. The van der Waals surface area contributed by atoms with Crippen molar-refractivity contribution in [2.75, 3.05) is 6.54 Å². The zero-order valence-electron chi connectivity index (χ0n) is 15.3. The van der Waals surface area contributed by atoms with Crippen LogP contribution in [0.4, 0.5) is 4.79 Å². The van der Waals surface area contributed by atoms with Crippen LogP contribution in [0.25, 0.3) is 0 Å². The molecule has 27 heavy (non-hydrogen) atoms. The van der Waals surface area contributed by atoms with Crippen LogP contribution in [-0.2, 0) is 27.3 Å². The van der Waals surface area contributed by atoms with E-state index < -0.39 is 30.0 Å². The van der Waals surface area contributed by atoms with Gasteiger partial charge < -0.3 is 20.1 Å². The molecule has 0 bridgehead atoms. The van der Waals surface area contributed by atoms with Crippen LogP contribution in [-0.4, -0.2) is 52.2 Å². The van der Waals surface area contributed by atoms with Crippen molar-refractivity contribution in [3.63, 3.8) is 0 Å². The molecule has 144 valence electrons. The fourth-order valence-electron chi connectivity index (χ4n) is 3.54. The third kappa shape index (κ3) is 3.65. The summed E-state index contributed by atoms with van der Waals surface area (Å²) in [6.45, 7) is 3.60. The second-order valence-electron chi connectivity index (χ2n) is 7.25. The summed E-state index contributed by atoms with van der Waals surface area (Å²) in [4.78, 5) is 51.0. The maximum atomic E-state index is 12.6. The van der Waals surface area contributed by atoms with E-state index in [4.69, 9.17) is 0 Å². The monoisotopic (exact) mass is 372 g/mol. The largest absolute Gasteiger partial charge is 0.548 e. The highest BCUT2D eigenvalue weighted by atomic mass is 16.4. The zero-order valence-corrected chi connectivity index (χ0v) is 15.3. The summed E-state index contributed by atoms with van der Waals surface area (Å²) in [6.07, 6.45) is 0.311. The van der Waals surface area contributed by atoms with Crippen molar-refractivity contribution >= 4 is 23.8 Å². The van der Waals surface area contributed by atoms with Gasteiger partial charge in [0.05, 0.1) is 12.0 Å². The molecular weight excluding hydrogens is 350 g/mol. The number of hydrogen-bond acceptors (Lipinski definition) is 5. The van der Waals surface area contributed by atoms with Gasteiger partial charge in [0.1, 0.15) is 6.04 Å². The van der Waals surface area contributed by atoms with Crippen LogP contribution in [0.15, 0.2) is 24.3 Å². The van der Waals surface area contributed by atoms with Crippen LogP contribution in [0.2, 0.25) is 0 Å². The molecule has 8 nitrogen and oxygen atoms in total. The fraction of sp³-hybridized carbons (Fsp3) is 0.474. The standard InChI is InChI=1S/C19H23N3O5/c1-11(2)16(18(25)26)20-15(23)7-8-21-17(24)14-9-12-5-3-4-6-13(12)10-22(14)19(21)27/h3-6,11,14,16H,7-10H2,1-2H3,(H,20,23)(H,25,26)/p-1/t14-,16+/m0/s1. The van der Waals surface area contributed by atoms with Crippen LogP contribution < -0.4 is 10.4 Å². The van der Waals surface area contributed by atoms with Gasteiger partial charge in [-0.1, -0.05) is 38.1 Å². The number of benzene rings is 1. The van der Waals surface area contributed by atoms with Crippen molar-refractivity contribution in [1.29, 1.82) is 0 Å². The maximum Gasteiger partial charge on any atom is 0.327 e. The van der Waals surface area contributed by atoms with E-state index in [9.17, 15) is 24.3 Å². The number of aliphatic carboxylic acids is 1. The lowest BCUT2D eigenvalue weighted by Crippen LogP contribution is -2.51. The van der Waals surface area contributed by atoms with Gasteiger partial charge in [-0.15, -0.1) is 0 Å². The lowest BCUT2D eigenvalue weighted by Gasteiger charge is -2.28. The van der Waals surface area contributed by atoms with Crippen molar-refractivity contribution < 1.29 is 24.3 Å². The Hall–Kier alpha value is -2.90. The molecule has 1 aromatic carbocycles. The average molecular weight is 372 g/mol. The van der Waals surface area contributed by atoms with E-state index in [1.165, 1.54) is 4.90 Å². The highest BCUT2D eigenvalue weighted by Gasteiger charge is 2.46. The Balaban J connectivity index is 1.62. The van der Waals surface area contributed by atoms with Crippen LogP contribution in [0.5, 0.6) is 0 Å². The van der Waals surface area contributed by atoms with Gasteiger partial charge in [0.15, 0.2) is 0 Å². The number of carbonyl (C=O) groups is 4. The fourth-order valence-corrected chi connectivity index (χ4v) is 3.54. The van der Waals surface area contributed by atoms with Crippen molar-refractivity contribution in [3.05, 3.63) is 35.4 Å². The summed E-state index contributed by atoms with van der Waals surface area (Å²) in [5.41, 5.74) is 2.07. The summed E-state index contributed by atoms with van der Waals surface area (Å²) in [5, 5.41) is 13.5. The number of carboxylic acid groups (broad SMARTS) is 1. The van der Waals surface area contributed by atoms with Gasteiger partial charge in [-0.05, 0) is 17.0 Å². The summed E-state index contributed by atoms with van der Waals surface area (Å²) >= 11 is 0. The normalized spacial score (nSPS) is 19.7. The minimum atomic E-state index is -1.36. The number of carbonyl (C=O) groups excluding carboxylic acids is 4. The average Bonchev–Trinajstić information content (AvgIpc) is 2.86. The maximum absolute atomic E-state index is 12.6. The van der Waals surface area contributed by atoms with Gasteiger partial charge in [0.25, 0.3) is 5.91 Å². The molecule has 0 spiro atoms. The first-order valence-electron chi connectivity index (χ1n) is 8.98. The predicted octanol–water partition coefficient (Wildman–Crippen LogP) is -0.344. The van der Waals surface area contributed by atoms with Gasteiger partial charge in [0, 0.05) is 25.9 Å². The van der Waals surface area contributed by atoms with E-state index in [-0.39, 0.29) is 24.8 Å². The van der Waals surface area contributed by atoms with Gasteiger partial charge in [-0.3, -0.25) is 14.5 Å². The molecule has 0 aliphatic carbocycles. The van der Waals surface area contributed by atoms with E-state index in [0.29, 0.717) is 13.0 Å². The summed E-state index contributed by atoms with van der Waals surface area (Å²) < 4.78 is 0. The zero-order chi connectivity index (χ0) is 19.7. The molecule has 4 amide bonds. The third-order valence-electron chi connectivity index (χ3n) is 5.08. The number of hydrogen-bond donors (Lipinski definition) is 1. The molecule has 2 aliphatic heterocycles. The Kier molecular flexibility index (Phi) is 5.16. The number of carboxylic acids is 1. The number of rotatable bonds is 6. The molecule has 0 unspecified atom stereocenters. The van der Waals surface area contributed by atoms with Crippen molar-refractivity contribution in [1.82, 2.24) is 15.1 Å². The van der Waals surface area contributed by atoms with E-state index in [1.54, 1.807) is 13.8 Å². The first-order chi connectivity index (χ1) is 12.8. The predicted molar refractivity (Wildman–Crippen MR) is 93.0 cm³/mol. The Bertz CT molecular complexity index is 748. The molecule has 2 heterocycles. The van der Waals surface area contributed by atoms with Crippen LogP contribution in [0.3, 0.4) is 0 Å². The number of nitrogens with zero attached hydrogens (tertiary/aromatic N) is 2. The number of urea groups is 1. The van der Waals surface area contributed by atoms with Crippen molar-refractivity contribution in [2.24, 2.45) is 5.92 Å². The molecule has 2 atom stereocenters. The van der Waals surface area contributed by atoms with Crippen LogP contribution in [0.1, 0.15) is 31.4 Å². The molecule has 3 rings (SSSR count). The van der Waals surface area contributed by atoms with E-state index in [1.807, 2.05) is 24.3 Å². The Morgan fingerprint density at radius 1 is 1.22 bits per heavy atom. The Morgan fingerprint density at radius 2 is 1.89 bits per heavy atom. The van der Waals surface area contributed by atoms with Gasteiger partial charge in [-0.25, -0.2) is 4.79 Å². The molecule has 1 saturated heterocycles. The molecule has 0 saturated carbocycles. The quantitative estimate of drug-likeness (QED) is 0.687. The lowest BCUT2D eigenvalue weighted by atomic mass is 9.95. The Labute approximate surface area is 157 Å². The number of fused-ring (bicyclic) bond motifs is 2. The SMILES string of the molecule is CC(C)[C@@H](NC(=O)CCN1C(=O)[C@@H]2Cc3ccccc3CN2C1=O)C(=O)[O-]. The number of nitrogens with one attached hydrogen (secondary N) is 1. The Morgan fingerprint density at radius 3 is 2.52 bits per heavy atom. The molecule has 0 aromatic heterocycles. The first-order valence-corrected chi connectivity index (χ1v) is 8.98.